The molecule has 0 unspecified atom stereocenters. The van der Waals surface area contributed by atoms with E-state index in [0.29, 0.717) is 0 Å². The standard InChI is InChI=1S/C8H11SSi/c1-10(2)7-5-8-4-3-6-9-8/h3-7H,1-2H3. The van der Waals surface area contributed by atoms with Crippen LogP contribution in [0.3, 0.4) is 0 Å². The number of hydrogen-bond donors (Lipinski definition) is 0. The van der Waals surface area contributed by atoms with E-state index in [4.69, 9.17) is 0 Å². The fourth-order valence-corrected chi connectivity index (χ4v) is 1.89. The number of hydrogen-bond acceptors (Lipinski definition) is 1. The molecule has 0 fully saturated rings. The molecule has 0 aliphatic heterocycles. The van der Waals surface area contributed by atoms with Crippen molar-refractivity contribution in [3.05, 3.63) is 28.1 Å². The average molecular weight is 167 g/mol. The second kappa shape index (κ2) is 3.74. The molecule has 1 radical (unpaired) electrons. The first-order chi connectivity index (χ1) is 4.79. The molecule has 1 heterocycles. The molecule has 0 bridgehead atoms. The molecule has 0 saturated heterocycles. The van der Waals surface area contributed by atoms with Crippen LogP contribution in [-0.2, 0) is 0 Å². The maximum atomic E-state index is 2.32. The highest BCUT2D eigenvalue weighted by Gasteiger charge is 1.88. The molecule has 0 amide bonds. The smallest absolute Gasteiger partial charge is 0.0693 e. The maximum Gasteiger partial charge on any atom is 0.0693 e. The molecule has 0 nitrogen and oxygen atoms in total. The van der Waals surface area contributed by atoms with Crippen molar-refractivity contribution in [3.8, 4) is 0 Å². The molecule has 2 heteroatoms. The Bertz CT molecular complexity index is 199. The lowest BCUT2D eigenvalue weighted by Crippen LogP contribution is -1.91. The zero-order valence-electron chi connectivity index (χ0n) is 6.29. The van der Waals surface area contributed by atoms with E-state index in [9.17, 15) is 0 Å². The Balaban J connectivity index is 2.55. The monoisotopic (exact) mass is 167 g/mol. The Kier molecular flexibility index (Phi) is 2.90. The summed E-state index contributed by atoms with van der Waals surface area (Å²) in [7, 11) is -0.184. The summed E-state index contributed by atoms with van der Waals surface area (Å²) in [5.41, 5.74) is 2.32. The minimum absolute atomic E-state index is 0.184. The van der Waals surface area contributed by atoms with E-state index in [1.807, 2.05) is 0 Å². The van der Waals surface area contributed by atoms with Crippen molar-refractivity contribution in [2.45, 2.75) is 13.1 Å². The highest BCUT2D eigenvalue weighted by Crippen LogP contribution is 2.10. The van der Waals surface area contributed by atoms with Gasteiger partial charge < -0.3 is 0 Å². The highest BCUT2D eigenvalue weighted by molar-refractivity contribution is 7.10. The first-order valence-electron chi connectivity index (χ1n) is 3.31. The van der Waals surface area contributed by atoms with Crippen LogP contribution in [0.2, 0.25) is 13.1 Å². The van der Waals surface area contributed by atoms with Gasteiger partial charge in [-0.25, -0.2) is 0 Å². The third-order valence-electron chi connectivity index (χ3n) is 1.12. The summed E-state index contributed by atoms with van der Waals surface area (Å²) in [6, 6.07) is 4.23. The van der Waals surface area contributed by atoms with Crippen LogP contribution in [0, 0.1) is 0 Å². The Morgan fingerprint density at radius 3 is 2.80 bits per heavy atom. The fourth-order valence-electron chi connectivity index (χ4n) is 0.635. The molecule has 1 aromatic heterocycles. The Morgan fingerprint density at radius 1 is 1.50 bits per heavy atom. The van der Waals surface area contributed by atoms with E-state index in [1.165, 1.54) is 4.88 Å². The van der Waals surface area contributed by atoms with Gasteiger partial charge in [-0.1, -0.05) is 30.9 Å². The summed E-state index contributed by atoms with van der Waals surface area (Å²) >= 11 is 1.79. The van der Waals surface area contributed by atoms with Crippen molar-refractivity contribution < 1.29 is 0 Å². The van der Waals surface area contributed by atoms with Gasteiger partial charge in [0.25, 0.3) is 0 Å². The van der Waals surface area contributed by atoms with Gasteiger partial charge in [-0.15, -0.1) is 11.3 Å². The third-order valence-corrected chi connectivity index (χ3v) is 2.79. The van der Waals surface area contributed by atoms with Crippen LogP contribution in [0.25, 0.3) is 6.08 Å². The average Bonchev–Trinajstić information content (AvgIpc) is 2.34. The Morgan fingerprint density at radius 2 is 2.30 bits per heavy atom. The lowest BCUT2D eigenvalue weighted by atomic mass is 10.5. The molecule has 0 aromatic carbocycles. The molecule has 1 aromatic rings. The molecular weight excluding hydrogens is 156 g/mol. The molecule has 0 spiro atoms. The Hall–Kier alpha value is -0.343. The van der Waals surface area contributed by atoms with Gasteiger partial charge in [0.15, 0.2) is 0 Å². The normalized spacial score (nSPS) is 11.5. The van der Waals surface area contributed by atoms with Crippen LogP contribution >= 0.6 is 11.3 Å². The largest absolute Gasteiger partial charge is 0.145 e. The van der Waals surface area contributed by atoms with Gasteiger partial charge in [-0.2, -0.15) is 0 Å². The number of thiophene rings is 1. The summed E-state index contributed by atoms with van der Waals surface area (Å²) < 4.78 is 0. The zero-order chi connectivity index (χ0) is 7.40. The molecule has 0 atom stereocenters. The fraction of sp³-hybridized carbons (Fsp3) is 0.250. The van der Waals surface area contributed by atoms with Crippen molar-refractivity contribution >= 4 is 26.2 Å². The van der Waals surface area contributed by atoms with Crippen LogP contribution in [0.5, 0.6) is 0 Å². The maximum absolute atomic E-state index is 2.32. The second-order valence-corrected chi connectivity index (χ2v) is 5.89. The van der Waals surface area contributed by atoms with Crippen molar-refractivity contribution in [1.82, 2.24) is 0 Å². The van der Waals surface area contributed by atoms with Crippen molar-refractivity contribution in [2.75, 3.05) is 0 Å². The minimum Gasteiger partial charge on any atom is -0.145 e. The highest BCUT2D eigenvalue weighted by atomic mass is 32.1. The van der Waals surface area contributed by atoms with Gasteiger partial charge in [0.1, 0.15) is 0 Å². The SMILES string of the molecule is C[Si](C)C=Cc1cccs1. The van der Waals surface area contributed by atoms with Crippen LogP contribution in [-0.4, -0.2) is 8.80 Å². The molecule has 10 heavy (non-hydrogen) atoms. The van der Waals surface area contributed by atoms with E-state index in [0.717, 1.165) is 0 Å². The molecule has 0 aliphatic rings. The minimum atomic E-state index is -0.184. The van der Waals surface area contributed by atoms with Gasteiger partial charge in [0, 0.05) is 4.88 Å². The van der Waals surface area contributed by atoms with E-state index >= 15 is 0 Å². The van der Waals surface area contributed by atoms with Crippen molar-refractivity contribution in [3.63, 3.8) is 0 Å². The molecule has 53 valence electrons. The van der Waals surface area contributed by atoms with Crippen LogP contribution in [0.15, 0.2) is 23.2 Å². The first-order valence-corrected chi connectivity index (χ1v) is 6.76. The topological polar surface area (TPSA) is 0 Å². The predicted octanol–water partition coefficient (Wildman–Crippen LogP) is 3.05. The predicted molar refractivity (Wildman–Crippen MR) is 50.8 cm³/mol. The summed E-state index contributed by atoms with van der Waals surface area (Å²) in [6.45, 7) is 4.57. The molecule has 0 N–H and O–H groups in total. The summed E-state index contributed by atoms with van der Waals surface area (Å²) in [4.78, 5) is 1.37. The lowest BCUT2D eigenvalue weighted by Gasteiger charge is -1.87. The summed E-state index contributed by atoms with van der Waals surface area (Å²) in [5, 5.41) is 2.11. The van der Waals surface area contributed by atoms with E-state index in [2.05, 4.69) is 42.4 Å². The zero-order valence-corrected chi connectivity index (χ0v) is 8.11. The lowest BCUT2D eigenvalue weighted by molar-refractivity contribution is 1.94. The van der Waals surface area contributed by atoms with E-state index in [1.54, 1.807) is 11.3 Å². The van der Waals surface area contributed by atoms with E-state index < -0.39 is 0 Å². The molecule has 0 saturated carbocycles. The van der Waals surface area contributed by atoms with Gasteiger partial charge in [0.05, 0.1) is 8.80 Å². The molecule has 0 aliphatic carbocycles. The quantitative estimate of drug-likeness (QED) is 0.594. The van der Waals surface area contributed by atoms with Gasteiger partial charge >= 0.3 is 0 Å². The summed E-state index contributed by atoms with van der Waals surface area (Å²) in [5.74, 6) is 0. The summed E-state index contributed by atoms with van der Waals surface area (Å²) in [6.07, 6.45) is 2.22. The second-order valence-electron chi connectivity index (χ2n) is 2.43. The van der Waals surface area contributed by atoms with Crippen LogP contribution in [0.4, 0.5) is 0 Å². The Labute approximate surface area is 67.8 Å². The third kappa shape index (κ3) is 2.50. The number of rotatable bonds is 2. The van der Waals surface area contributed by atoms with Crippen LogP contribution in [0.1, 0.15) is 4.88 Å². The van der Waals surface area contributed by atoms with Gasteiger partial charge in [0.2, 0.25) is 0 Å². The molecular formula is C8H11SSi. The van der Waals surface area contributed by atoms with Crippen molar-refractivity contribution in [1.29, 1.82) is 0 Å². The first kappa shape index (κ1) is 7.76. The van der Waals surface area contributed by atoms with Crippen molar-refractivity contribution in [2.24, 2.45) is 0 Å². The van der Waals surface area contributed by atoms with Gasteiger partial charge in [-0.3, -0.25) is 0 Å². The molecule has 1 rings (SSSR count). The van der Waals surface area contributed by atoms with Crippen LogP contribution < -0.4 is 0 Å². The van der Waals surface area contributed by atoms with Gasteiger partial charge in [-0.05, 0) is 11.4 Å². The van der Waals surface area contributed by atoms with E-state index in [-0.39, 0.29) is 8.80 Å².